The lowest BCUT2D eigenvalue weighted by molar-refractivity contribution is 0.102. The number of hydrogen-bond donors (Lipinski definition) is 1. The third-order valence-electron chi connectivity index (χ3n) is 4.35. The topological polar surface area (TPSA) is 59.3 Å². The Bertz CT molecular complexity index is 1200. The fourth-order valence-corrected chi connectivity index (χ4v) is 3.38. The van der Waals surface area contributed by atoms with Gasteiger partial charge in [-0.25, -0.2) is 9.97 Å². The first-order chi connectivity index (χ1) is 13.4. The lowest BCUT2D eigenvalue weighted by Crippen LogP contribution is -2.16. The van der Waals surface area contributed by atoms with Crippen LogP contribution in [0.1, 0.15) is 21.6 Å². The lowest BCUT2D eigenvalue weighted by Gasteiger charge is -2.09. The summed E-state index contributed by atoms with van der Waals surface area (Å²) in [5.74, 6) is -0.112. The van der Waals surface area contributed by atoms with Crippen molar-refractivity contribution >= 4 is 40.6 Å². The van der Waals surface area contributed by atoms with E-state index >= 15 is 0 Å². The predicted octanol–water partition coefficient (Wildman–Crippen LogP) is 5.57. The van der Waals surface area contributed by atoms with Crippen LogP contribution in [-0.2, 0) is 0 Å². The van der Waals surface area contributed by atoms with Gasteiger partial charge in [-0.3, -0.25) is 9.20 Å². The van der Waals surface area contributed by atoms with Crippen molar-refractivity contribution in [1.82, 2.24) is 14.4 Å². The first-order valence-electron chi connectivity index (χ1n) is 8.60. The molecular weight excluding hydrogens is 395 g/mol. The van der Waals surface area contributed by atoms with Crippen molar-refractivity contribution in [1.29, 1.82) is 0 Å². The largest absolute Gasteiger partial charge is 0.304 e. The molecule has 28 heavy (non-hydrogen) atoms. The Morgan fingerprint density at radius 3 is 2.46 bits per heavy atom. The second-order valence-corrected chi connectivity index (χ2v) is 7.39. The Hall–Kier alpha value is -2.89. The predicted molar refractivity (Wildman–Crippen MR) is 112 cm³/mol. The van der Waals surface area contributed by atoms with Gasteiger partial charge in [0.15, 0.2) is 5.82 Å². The van der Waals surface area contributed by atoms with Crippen molar-refractivity contribution in [2.75, 3.05) is 5.32 Å². The number of anilines is 1. The summed E-state index contributed by atoms with van der Waals surface area (Å²) in [5, 5.41) is 3.43. The number of aromatic nitrogens is 3. The average molecular weight is 411 g/mol. The summed E-state index contributed by atoms with van der Waals surface area (Å²) < 4.78 is 1.78. The summed E-state index contributed by atoms with van der Waals surface area (Å²) in [4.78, 5) is 22.0. The molecule has 140 valence electrons. The van der Waals surface area contributed by atoms with Gasteiger partial charge in [-0.15, -0.1) is 0 Å². The maximum Gasteiger partial charge on any atom is 0.276 e. The number of aryl methyl sites for hydroxylation is 2. The van der Waals surface area contributed by atoms with E-state index in [4.69, 9.17) is 23.2 Å². The molecule has 0 aliphatic rings. The first-order valence-corrected chi connectivity index (χ1v) is 9.36. The van der Waals surface area contributed by atoms with Gasteiger partial charge in [0.25, 0.3) is 5.91 Å². The van der Waals surface area contributed by atoms with E-state index in [0.717, 1.165) is 16.7 Å². The number of halogens is 2. The van der Waals surface area contributed by atoms with Gasteiger partial charge < -0.3 is 5.32 Å². The molecule has 0 aliphatic carbocycles. The van der Waals surface area contributed by atoms with Gasteiger partial charge in [0.2, 0.25) is 0 Å². The summed E-state index contributed by atoms with van der Waals surface area (Å²) in [6.45, 7) is 3.98. The molecule has 4 aromatic rings. The molecule has 5 nitrogen and oxygen atoms in total. The van der Waals surface area contributed by atoms with Crippen molar-refractivity contribution in [2.24, 2.45) is 0 Å². The molecule has 1 N–H and O–H groups in total. The smallest absolute Gasteiger partial charge is 0.276 e. The molecule has 4 rings (SSSR count). The number of carbonyl (C=O) groups excluding carboxylic acids is 1. The van der Waals surface area contributed by atoms with E-state index in [1.54, 1.807) is 4.40 Å². The number of nitrogens with zero attached hydrogens (tertiary/aromatic N) is 3. The minimum atomic E-state index is -0.356. The highest BCUT2D eigenvalue weighted by Crippen LogP contribution is 2.28. The van der Waals surface area contributed by atoms with Crippen LogP contribution >= 0.6 is 23.2 Å². The molecule has 3 heterocycles. The van der Waals surface area contributed by atoms with E-state index in [1.807, 2.05) is 56.4 Å². The minimum absolute atomic E-state index is 0.244. The number of carbonyl (C=O) groups is 1. The van der Waals surface area contributed by atoms with Crippen molar-refractivity contribution in [2.45, 2.75) is 13.8 Å². The number of benzene rings is 1. The molecule has 3 aromatic heterocycles. The van der Waals surface area contributed by atoms with Gasteiger partial charge in [0.1, 0.15) is 17.0 Å². The molecule has 0 spiro atoms. The fraction of sp³-hybridized carbons (Fsp3) is 0.0952. The molecule has 0 radical (unpaired) electrons. The zero-order chi connectivity index (χ0) is 19.8. The Kier molecular flexibility index (Phi) is 4.79. The van der Waals surface area contributed by atoms with Gasteiger partial charge in [-0.05, 0) is 31.5 Å². The van der Waals surface area contributed by atoms with Gasteiger partial charge in [-0.2, -0.15) is 0 Å². The van der Waals surface area contributed by atoms with Crippen LogP contribution in [0.4, 0.5) is 5.82 Å². The van der Waals surface area contributed by atoms with E-state index in [0.29, 0.717) is 22.1 Å². The first kappa shape index (κ1) is 18.5. The van der Waals surface area contributed by atoms with Crippen LogP contribution in [0.15, 0.2) is 54.9 Å². The number of nitrogens with one attached hydrogen (secondary N) is 1. The van der Waals surface area contributed by atoms with Crippen LogP contribution in [0.5, 0.6) is 0 Å². The number of pyridine rings is 2. The highest BCUT2D eigenvalue weighted by Gasteiger charge is 2.22. The molecular formula is C21H16Cl2N4O. The number of fused-ring (bicyclic) bond motifs is 1. The molecule has 0 aliphatic heterocycles. The number of imidazole rings is 1. The van der Waals surface area contributed by atoms with Crippen LogP contribution in [0, 0.1) is 13.8 Å². The van der Waals surface area contributed by atoms with Crippen LogP contribution < -0.4 is 5.32 Å². The number of amides is 1. The summed E-state index contributed by atoms with van der Waals surface area (Å²) in [7, 11) is 0. The fourth-order valence-electron chi connectivity index (χ4n) is 2.95. The van der Waals surface area contributed by atoms with E-state index in [9.17, 15) is 4.79 Å². The Morgan fingerprint density at radius 2 is 1.75 bits per heavy atom. The molecule has 0 fully saturated rings. The van der Waals surface area contributed by atoms with E-state index in [1.165, 1.54) is 12.3 Å². The van der Waals surface area contributed by atoms with Crippen LogP contribution in [0.3, 0.4) is 0 Å². The molecule has 0 unspecified atom stereocenters. The number of rotatable bonds is 3. The molecule has 0 atom stereocenters. The van der Waals surface area contributed by atoms with Gasteiger partial charge in [-0.1, -0.05) is 59.1 Å². The second-order valence-electron chi connectivity index (χ2n) is 6.55. The quantitative estimate of drug-likeness (QED) is 0.479. The van der Waals surface area contributed by atoms with E-state index in [2.05, 4.69) is 15.3 Å². The maximum atomic E-state index is 13.2. The van der Waals surface area contributed by atoms with Crippen LogP contribution in [0.2, 0.25) is 10.0 Å². The van der Waals surface area contributed by atoms with E-state index in [-0.39, 0.29) is 16.7 Å². The normalized spacial score (nSPS) is 11.0. The zero-order valence-corrected chi connectivity index (χ0v) is 16.7. The number of hydrogen-bond acceptors (Lipinski definition) is 3. The average Bonchev–Trinajstić information content (AvgIpc) is 3.03. The maximum absolute atomic E-state index is 13.2. The standard InChI is InChI=1S/C21H16Cl2N4O/c1-12-3-6-14(7-4-12)18-19(27-11-13(2)5-8-17(27)25-18)21(28)26-20-16(23)9-15(22)10-24-20/h3-11H,1-2H3,(H,24,26,28). The van der Waals surface area contributed by atoms with E-state index < -0.39 is 0 Å². The van der Waals surface area contributed by atoms with Crippen molar-refractivity contribution in [3.05, 3.63) is 81.7 Å². The van der Waals surface area contributed by atoms with Crippen LogP contribution in [-0.4, -0.2) is 20.3 Å². The molecule has 0 saturated heterocycles. The SMILES string of the molecule is Cc1ccc(-c2nc3ccc(C)cn3c2C(=O)Nc2ncc(Cl)cc2Cl)cc1. The summed E-state index contributed by atoms with van der Waals surface area (Å²) >= 11 is 12.1. The lowest BCUT2D eigenvalue weighted by atomic mass is 10.1. The summed E-state index contributed by atoms with van der Waals surface area (Å²) in [5.41, 5.74) is 4.68. The molecule has 1 aromatic carbocycles. The van der Waals surface area contributed by atoms with Crippen molar-refractivity contribution < 1.29 is 4.79 Å². The van der Waals surface area contributed by atoms with Crippen molar-refractivity contribution in [3.63, 3.8) is 0 Å². The molecule has 0 saturated carbocycles. The Morgan fingerprint density at radius 1 is 1.04 bits per heavy atom. The van der Waals surface area contributed by atoms with Gasteiger partial charge in [0.05, 0.1) is 10.0 Å². The molecule has 7 heteroatoms. The van der Waals surface area contributed by atoms with Crippen molar-refractivity contribution in [3.8, 4) is 11.3 Å². The Balaban J connectivity index is 1.85. The van der Waals surface area contributed by atoms with Gasteiger partial charge >= 0.3 is 0 Å². The summed E-state index contributed by atoms with van der Waals surface area (Å²) in [6, 6.07) is 13.3. The third kappa shape index (κ3) is 3.46. The van der Waals surface area contributed by atoms with Gasteiger partial charge in [0, 0.05) is 18.0 Å². The Labute approximate surface area is 172 Å². The zero-order valence-electron chi connectivity index (χ0n) is 15.2. The highest BCUT2D eigenvalue weighted by molar-refractivity contribution is 6.36. The third-order valence-corrected chi connectivity index (χ3v) is 4.84. The minimum Gasteiger partial charge on any atom is -0.304 e. The highest BCUT2D eigenvalue weighted by atomic mass is 35.5. The summed E-state index contributed by atoms with van der Waals surface area (Å²) in [6.07, 6.45) is 3.31. The molecule has 0 bridgehead atoms. The second kappa shape index (κ2) is 7.26. The monoisotopic (exact) mass is 410 g/mol. The van der Waals surface area contributed by atoms with Crippen LogP contribution in [0.25, 0.3) is 16.9 Å². The molecule has 1 amide bonds.